The summed E-state index contributed by atoms with van der Waals surface area (Å²) in [6.07, 6.45) is 4.28. The standard InChI is InChI=1S/C31H27ClN2O2/c1-30(2)25-12-6-8-14-27(25)34(20-29(35)33-19-22-10-4-7-13-26(22)32)31(30)18-17-24-23-11-5-3-9-21(23)15-16-28(24)36-31/h3-18H,19-20H2,1-2H3,(H,33,35). The zero-order valence-electron chi connectivity index (χ0n) is 20.3. The van der Waals surface area contributed by atoms with Gasteiger partial charge in [0.1, 0.15) is 12.3 Å². The second-order valence-electron chi connectivity index (χ2n) is 9.93. The van der Waals surface area contributed by atoms with Crippen molar-refractivity contribution >= 4 is 40.0 Å². The first-order chi connectivity index (χ1) is 17.4. The van der Waals surface area contributed by atoms with Crippen molar-refractivity contribution in [2.24, 2.45) is 0 Å². The first kappa shape index (κ1) is 22.7. The number of hydrogen-bond donors (Lipinski definition) is 1. The Kier molecular flexibility index (Phi) is 5.31. The second-order valence-corrected chi connectivity index (χ2v) is 10.3. The third kappa shape index (κ3) is 3.40. The van der Waals surface area contributed by atoms with Gasteiger partial charge < -0.3 is 15.0 Å². The number of carbonyl (C=O) groups excluding carboxylic acids is 1. The van der Waals surface area contributed by atoms with Crippen LogP contribution in [0.4, 0.5) is 5.69 Å². The summed E-state index contributed by atoms with van der Waals surface area (Å²) in [6, 6.07) is 28.3. The lowest BCUT2D eigenvalue weighted by Gasteiger charge is -2.47. The molecule has 1 amide bonds. The molecule has 0 radical (unpaired) electrons. The zero-order valence-corrected chi connectivity index (χ0v) is 21.0. The number of rotatable bonds is 4. The summed E-state index contributed by atoms with van der Waals surface area (Å²) in [5.74, 6) is 0.724. The van der Waals surface area contributed by atoms with Crippen molar-refractivity contribution in [2.45, 2.75) is 31.5 Å². The molecule has 6 rings (SSSR count). The van der Waals surface area contributed by atoms with Crippen LogP contribution in [-0.2, 0) is 16.8 Å². The van der Waals surface area contributed by atoms with Crippen LogP contribution in [0.2, 0.25) is 5.02 Å². The number of fused-ring (bicyclic) bond motifs is 4. The Morgan fingerprint density at radius 1 is 0.944 bits per heavy atom. The van der Waals surface area contributed by atoms with E-state index in [1.54, 1.807) is 0 Å². The maximum absolute atomic E-state index is 13.3. The second kappa shape index (κ2) is 8.42. The number of halogens is 1. The van der Waals surface area contributed by atoms with Crippen molar-refractivity contribution in [1.82, 2.24) is 5.32 Å². The first-order valence-corrected chi connectivity index (χ1v) is 12.6. The molecule has 0 bridgehead atoms. The van der Waals surface area contributed by atoms with E-state index in [-0.39, 0.29) is 12.5 Å². The molecule has 0 aliphatic carbocycles. The number of para-hydroxylation sites is 1. The van der Waals surface area contributed by atoms with Gasteiger partial charge in [-0.15, -0.1) is 0 Å². The molecule has 1 atom stereocenters. The number of nitrogens with zero attached hydrogens (tertiary/aromatic N) is 1. The molecular weight excluding hydrogens is 468 g/mol. The van der Waals surface area contributed by atoms with E-state index in [4.69, 9.17) is 16.3 Å². The Hall–Kier alpha value is -3.76. The van der Waals surface area contributed by atoms with Crippen LogP contribution in [-0.4, -0.2) is 18.2 Å². The summed E-state index contributed by atoms with van der Waals surface area (Å²) in [7, 11) is 0. The Morgan fingerprint density at radius 2 is 1.69 bits per heavy atom. The molecule has 2 aliphatic rings. The quantitative estimate of drug-likeness (QED) is 0.343. The molecule has 36 heavy (non-hydrogen) atoms. The topological polar surface area (TPSA) is 41.6 Å². The van der Waals surface area contributed by atoms with Crippen molar-refractivity contribution in [1.29, 1.82) is 0 Å². The summed E-state index contributed by atoms with van der Waals surface area (Å²) in [5, 5.41) is 6.01. The number of hydrogen-bond acceptors (Lipinski definition) is 3. The average molecular weight is 495 g/mol. The monoisotopic (exact) mass is 494 g/mol. The SMILES string of the molecule is CC1(C)c2ccccc2N(CC(=O)NCc2ccccc2Cl)C12C=Cc1c(ccc3ccccc13)O2. The number of ether oxygens (including phenoxy) is 1. The fraction of sp³-hybridized carbons (Fsp3) is 0.194. The smallest absolute Gasteiger partial charge is 0.239 e. The predicted molar refractivity (Wildman–Crippen MR) is 146 cm³/mol. The summed E-state index contributed by atoms with van der Waals surface area (Å²) in [6.45, 7) is 4.89. The van der Waals surface area contributed by atoms with Gasteiger partial charge in [-0.05, 0) is 66.1 Å². The third-order valence-electron chi connectivity index (χ3n) is 7.57. The molecule has 180 valence electrons. The number of nitrogens with one attached hydrogen (secondary N) is 1. The molecule has 2 aliphatic heterocycles. The molecule has 0 saturated carbocycles. The highest BCUT2D eigenvalue weighted by Gasteiger charge is 2.59. The van der Waals surface area contributed by atoms with E-state index in [0.717, 1.165) is 33.5 Å². The molecule has 5 heteroatoms. The molecule has 4 aromatic carbocycles. The molecule has 0 fully saturated rings. The van der Waals surface area contributed by atoms with E-state index in [2.05, 4.69) is 66.5 Å². The van der Waals surface area contributed by atoms with Crippen molar-refractivity contribution in [2.75, 3.05) is 11.4 Å². The van der Waals surface area contributed by atoms with Crippen LogP contribution in [0.1, 0.15) is 30.5 Å². The Morgan fingerprint density at radius 3 is 2.56 bits per heavy atom. The fourth-order valence-corrected chi connectivity index (χ4v) is 5.80. The summed E-state index contributed by atoms with van der Waals surface area (Å²) in [5.41, 5.74) is 2.84. The van der Waals surface area contributed by atoms with Gasteiger partial charge in [0.25, 0.3) is 0 Å². The lowest BCUT2D eigenvalue weighted by atomic mass is 9.76. The normalized spacial score (nSPS) is 19.1. The fourth-order valence-electron chi connectivity index (χ4n) is 5.60. The van der Waals surface area contributed by atoms with Crippen LogP contribution in [0.5, 0.6) is 5.75 Å². The van der Waals surface area contributed by atoms with E-state index < -0.39 is 11.1 Å². The lowest BCUT2D eigenvalue weighted by Crippen LogP contribution is -2.61. The van der Waals surface area contributed by atoms with Gasteiger partial charge in [-0.2, -0.15) is 0 Å². The van der Waals surface area contributed by atoms with Crippen LogP contribution in [0.3, 0.4) is 0 Å². The number of amides is 1. The summed E-state index contributed by atoms with van der Waals surface area (Å²) in [4.78, 5) is 15.4. The highest BCUT2D eigenvalue weighted by Crippen LogP contribution is 2.55. The largest absolute Gasteiger partial charge is 0.463 e. The molecule has 1 N–H and O–H groups in total. The van der Waals surface area contributed by atoms with Gasteiger partial charge in [-0.25, -0.2) is 0 Å². The van der Waals surface area contributed by atoms with E-state index >= 15 is 0 Å². The van der Waals surface area contributed by atoms with Gasteiger partial charge in [0, 0.05) is 22.8 Å². The van der Waals surface area contributed by atoms with Crippen LogP contribution in [0.15, 0.2) is 91.0 Å². The van der Waals surface area contributed by atoms with Gasteiger partial charge >= 0.3 is 0 Å². The summed E-state index contributed by atoms with van der Waals surface area (Å²) >= 11 is 6.30. The van der Waals surface area contributed by atoms with E-state index in [9.17, 15) is 4.79 Å². The van der Waals surface area contributed by atoms with Gasteiger partial charge in [0.15, 0.2) is 0 Å². The van der Waals surface area contributed by atoms with Crippen molar-refractivity contribution in [3.63, 3.8) is 0 Å². The Labute approximate surface area is 216 Å². The zero-order chi connectivity index (χ0) is 24.9. The van der Waals surface area contributed by atoms with Crippen molar-refractivity contribution in [3.8, 4) is 5.75 Å². The molecule has 1 unspecified atom stereocenters. The highest BCUT2D eigenvalue weighted by atomic mass is 35.5. The molecule has 0 aromatic heterocycles. The minimum atomic E-state index is -0.853. The van der Waals surface area contributed by atoms with Crippen LogP contribution in [0, 0.1) is 0 Å². The maximum atomic E-state index is 13.3. The van der Waals surface area contributed by atoms with Gasteiger partial charge in [0.2, 0.25) is 11.6 Å². The number of benzene rings is 4. The van der Waals surface area contributed by atoms with Gasteiger partial charge in [-0.3, -0.25) is 4.79 Å². The third-order valence-corrected chi connectivity index (χ3v) is 7.94. The minimum absolute atomic E-state index is 0.0943. The van der Waals surface area contributed by atoms with Crippen molar-refractivity contribution < 1.29 is 9.53 Å². The number of anilines is 1. The maximum Gasteiger partial charge on any atom is 0.239 e. The molecular formula is C31H27ClN2O2. The van der Waals surface area contributed by atoms with Crippen LogP contribution in [0.25, 0.3) is 16.8 Å². The lowest BCUT2D eigenvalue weighted by molar-refractivity contribution is -0.120. The van der Waals surface area contributed by atoms with Crippen molar-refractivity contribution in [3.05, 3.63) is 113 Å². The molecule has 0 saturated heterocycles. The molecule has 2 heterocycles. The average Bonchev–Trinajstić information content (AvgIpc) is 3.06. The van der Waals surface area contributed by atoms with Gasteiger partial charge in [0.05, 0.1) is 5.41 Å². The summed E-state index contributed by atoms with van der Waals surface area (Å²) < 4.78 is 6.92. The number of carbonyl (C=O) groups is 1. The van der Waals surface area contributed by atoms with E-state index in [1.165, 1.54) is 5.39 Å². The van der Waals surface area contributed by atoms with E-state index in [0.29, 0.717) is 11.6 Å². The van der Waals surface area contributed by atoms with Gasteiger partial charge in [-0.1, -0.05) is 78.3 Å². The Balaban J connectivity index is 1.37. The minimum Gasteiger partial charge on any atom is -0.463 e. The first-order valence-electron chi connectivity index (χ1n) is 12.2. The van der Waals surface area contributed by atoms with Crippen LogP contribution < -0.4 is 15.0 Å². The highest BCUT2D eigenvalue weighted by molar-refractivity contribution is 6.31. The molecule has 1 spiro atoms. The van der Waals surface area contributed by atoms with Crippen LogP contribution >= 0.6 is 11.6 Å². The molecule has 4 nitrogen and oxygen atoms in total. The Bertz CT molecular complexity index is 1530. The predicted octanol–water partition coefficient (Wildman–Crippen LogP) is 6.71. The molecule has 4 aromatic rings. The van der Waals surface area contributed by atoms with E-state index in [1.807, 2.05) is 54.6 Å².